The van der Waals surface area contributed by atoms with E-state index in [2.05, 4.69) is 4.98 Å². The first-order valence-electron chi connectivity index (χ1n) is 3.58. The van der Waals surface area contributed by atoms with E-state index in [4.69, 9.17) is 0 Å². The van der Waals surface area contributed by atoms with Gasteiger partial charge in [0.25, 0.3) is 0 Å². The molecule has 0 bridgehead atoms. The highest BCUT2D eigenvalue weighted by Crippen LogP contribution is 2.15. The van der Waals surface area contributed by atoms with E-state index >= 15 is 0 Å². The molecule has 1 heteroatoms. The SMILES string of the molecule is C1CCC1.c1cc[nH]c1. The van der Waals surface area contributed by atoms with Crippen LogP contribution < -0.4 is 0 Å². The Labute approximate surface area is 56.1 Å². The monoisotopic (exact) mass is 123 g/mol. The van der Waals surface area contributed by atoms with Crippen molar-refractivity contribution in [2.45, 2.75) is 25.7 Å². The Hall–Kier alpha value is -0.720. The van der Waals surface area contributed by atoms with Crippen LogP contribution in [-0.2, 0) is 0 Å². The van der Waals surface area contributed by atoms with E-state index < -0.39 is 0 Å². The highest BCUT2D eigenvalue weighted by molar-refractivity contribution is 4.84. The molecular formula is C8H13N. The molecule has 2 rings (SSSR count). The average molecular weight is 123 g/mol. The summed E-state index contributed by atoms with van der Waals surface area (Å²) >= 11 is 0. The third-order valence-corrected chi connectivity index (χ3v) is 1.50. The van der Waals surface area contributed by atoms with E-state index in [1.807, 2.05) is 24.5 Å². The molecule has 1 aromatic heterocycles. The molecule has 0 radical (unpaired) electrons. The summed E-state index contributed by atoms with van der Waals surface area (Å²) in [5.41, 5.74) is 0. The molecule has 1 aromatic rings. The van der Waals surface area contributed by atoms with Gasteiger partial charge >= 0.3 is 0 Å². The van der Waals surface area contributed by atoms with Crippen LogP contribution in [0.15, 0.2) is 24.5 Å². The van der Waals surface area contributed by atoms with Gasteiger partial charge in [-0.05, 0) is 12.1 Å². The minimum Gasteiger partial charge on any atom is -0.368 e. The molecule has 0 saturated heterocycles. The summed E-state index contributed by atoms with van der Waals surface area (Å²) in [6.45, 7) is 0. The maximum atomic E-state index is 2.86. The van der Waals surface area contributed by atoms with Crippen molar-refractivity contribution < 1.29 is 0 Å². The van der Waals surface area contributed by atoms with Crippen molar-refractivity contribution in [2.24, 2.45) is 0 Å². The topological polar surface area (TPSA) is 15.8 Å². The van der Waals surface area contributed by atoms with Crippen LogP contribution in [0.25, 0.3) is 0 Å². The first-order chi connectivity index (χ1) is 4.50. The smallest absolute Gasteiger partial charge is 0.000496 e. The van der Waals surface area contributed by atoms with Gasteiger partial charge in [-0.2, -0.15) is 0 Å². The summed E-state index contributed by atoms with van der Waals surface area (Å²) in [5.74, 6) is 0. The molecule has 1 fully saturated rings. The standard InChI is InChI=1S/C4H5N.C4H8/c1-2-4-5-3-1;1-2-4-3-1/h1-5H;1-4H2. The van der Waals surface area contributed by atoms with Crippen LogP contribution in [0.3, 0.4) is 0 Å². The Bertz CT molecular complexity index is 95.9. The van der Waals surface area contributed by atoms with Gasteiger partial charge in [-0.3, -0.25) is 0 Å². The molecular weight excluding hydrogens is 110 g/mol. The summed E-state index contributed by atoms with van der Waals surface area (Å²) in [4.78, 5) is 2.86. The van der Waals surface area contributed by atoms with Gasteiger partial charge < -0.3 is 4.98 Å². The largest absolute Gasteiger partial charge is 0.368 e. The van der Waals surface area contributed by atoms with Crippen molar-refractivity contribution in [2.75, 3.05) is 0 Å². The Morgan fingerprint density at radius 2 is 1.22 bits per heavy atom. The zero-order valence-electron chi connectivity index (χ0n) is 5.64. The molecule has 0 spiro atoms. The second-order valence-corrected chi connectivity index (χ2v) is 2.30. The van der Waals surface area contributed by atoms with Crippen molar-refractivity contribution in [1.29, 1.82) is 0 Å². The number of nitrogens with one attached hydrogen (secondary N) is 1. The van der Waals surface area contributed by atoms with Crippen LogP contribution in [0.5, 0.6) is 0 Å². The summed E-state index contributed by atoms with van der Waals surface area (Å²) in [6.07, 6.45) is 9.75. The molecule has 0 unspecified atom stereocenters. The number of H-pyrrole nitrogens is 1. The summed E-state index contributed by atoms with van der Waals surface area (Å²) < 4.78 is 0. The maximum absolute atomic E-state index is 2.86. The lowest BCUT2D eigenvalue weighted by atomic mass is 10.0. The molecule has 1 heterocycles. The second-order valence-electron chi connectivity index (χ2n) is 2.30. The number of hydrogen-bond donors (Lipinski definition) is 1. The first kappa shape index (κ1) is 6.40. The predicted molar refractivity (Wildman–Crippen MR) is 39.3 cm³/mol. The molecule has 1 aliphatic rings. The fourth-order valence-electron chi connectivity index (χ4n) is 0.528. The van der Waals surface area contributed by atoms with Crippen LogP contribution in [0.1, 0.15) is 25.7 Å². The molecule has 1 N–H and O–H groups in total. The molecule has 0 atom stereocenters. The lowest BCUT2D eigenvalue weighted by Gasteiger charge is -2.05. The molecule has 1 saturated carbocycles. The highest BCUT2D eigenvalue weighted by Gasteiger charge is 1.95. The van der Waals surface area contributed by atoms with Crippen molar-refractivity contribution in [1.82, 2.24) is 4.98 Å². The first-order valence-corrected chi connectivity index (χ1v) is 3.58. The predicted octanol–water partition coefficient (Wildman–Crippen LogP) is 2.58. The summed E-state index contributed by atoms with van der Waals surface area (Å²) in [7, 11) is 0. The van der Waals surface area contributed by atoms with E-state index in [0.29, 0.717) is 0 Å². The molecule has 0 aliphatic heterocycles. The molecule has 9 heavy (non-hydrogen) atoms. The van der Waals surface area contributed by atoms with E-state index in [0.717, 1.165) is 0 Å². The fourth-order valence-corrected chi connectivity index (χ4v) is 0.528. The van der Waals surface area contributed by atoms with Gasteiger partial charge in [0.1, 0.15) is 0 Å². The minimum absolute atomic E-state index is 1.50. The van der Waals surface area contributed by atoms with Gasteiger partial charge in [0.05, 0.1) is 0 Å². The molecule has 1 nitrogen and oxygen atoms in total. The van der Waals surface area contributed by atoms with Crippen molar-refractivity contribution in [3.8, 4) is 0 Å². The van der Waals surface area contributed by atoms with Gasteiger partial charge in [-0.25, -0.2) is 0 Å². The number of hydrogen-bond acceptors (Lipinski definition) is 0. The minimum atomic E-state index is 1.50. The maximum Gasteiger partial charge on any atom is 0.000496 e. The van der Waals surface area contributed by atoms with Gasteiger partial charge in [0.15, 0.2) is 0 Å². The van der Waals surface area contributed by atoms with E-state index in [1.165, 1.54) is 25.7 Å². The van der Waals surface area contributed by atoms with Crippen LogP contribution in [0, 0.1) is 0 Å². The van der Waals surface area contributed by atoms with E-state index in [-0.39, 0.29) is 0 Å². The van der Waals surface area contributed by atoms with Crippen molar-refractivity contribution in [3.63, 3.8) is 0 Å². The fraction of sp³-hybridized carbons (Fsp3) is 0.500. The molecule has 0 aromatic carbocycles. The zero-order valence-corrected chi connectivity index (χ0v) is 5.64. The normalized spacial score (nSPS) is 15.1. The number of aromatic nitrogens is 1. The number of rotatable bonds is 0. The Kier molecular flexibility index (Phi) is 2.98. The third kappa shape index (κ3) is 2.96. The van der Waals surface area contributed by atoms with E-state index in [1.54, 1.807) is 0 Å². The Morgan fingerprint density at radius 1 is 0.778 bits per heavy atom. The third-order valence-electron chi connectivity index (χ3n) is 1.50. The van der Waals surface area contributed by atoms with Crippen LogP contribution in [0.4, 0.5) is 0 Å². The van der Waals surface area contributed by atoms with Crippen LogP contribution >= 0.6 is 0 Å². The van der Waals surface area contributed by atoms with Gasteiger partial charge in [-0.15, -0.1) is 0 Å². The van der Waals surface area contributed by atoms with Gasteiger partial charge in [0, 0.05) is 12.4 Å². The van der Waals surface area contributed by atoms with Crippen LogP contribution in [0.2, 0.25) is 0 Å². The zero-order chi connectivity index (χ0) is 6.36. The van der Waals surface area contributed by atoms with Gasteiger partial charge in [-0.1, -0.05) is 25.7 Å². The lowest BCUT2D eigenvalue weighted by Crippen LogP contribution is -1.85. The van der Waals surface area contributed by atoms with Crippen LogP contribution in [-0.4, -0.2) is 4.98 Å². The molecule has 0 amide bonds. The summed E-state index contributed by atoms with van der Waals surface area (Å²) in [5, 5.41) is 0. The quantitative estimate of drug-likeness (QED) is 0.545. The van der Waals surface area contributed by atoms with Crippen molar-refractivity contribution >= 4 is 0 Å². The molecule has 50 valence electrons. The van der Waals surface area contributed by atoms with Gasteiger partial charge in [0.2, 0.25) is 0 Å². The lowest BCUT2D eigenvalue weighted by molar-refractivity contribution is 0.504. The Morgan fingerprint density at radius 3 is 1.33 bits per heavy atom. The average Bonchev–Trinajstić information content (AvgIpc) is 2.07. The van der Waals surface area contributed by atoms with Crippen molar-refractivity contribution in [3.05, 3.63) is 24.5 Å². The van der Waals surface area contributed by atoms with E-state index in [9.17, 15) is 0 Å². The molecule has 1 aliphatic carbocycles. The second kappa shape index (κ2) is 4.19. The summed E-state index contributed by atoms with van der Waals surface area (Å²) in [6, 6.07) is 3.89. The highest BCUT2D eigenvalue weighted by atomic mass is 14.6. The Balaban J connectivity index is 0.0000000922. The number of aromatic amines is 1.